The molecular formula is C28H22INO4. The van der Waals surface area contributed by atoms with Crippen molar-refractivity contribution >= 4 is 40.0 Å². The number of allylic oxidation sites excluding steroid dienone is 2. The number of methoxy groups -OCH3 is 1. The fourth-order valence-corrected chi connectivity index (χ4v) is 4.91. The quantitative estimate of drug-likeness (QED) is 0.323. The second-order valence-electron chi connectivity index (χ2n) is 8.24. The minimum Gasteiger partial charge on any atom is -0.489 e. The average molecular weight is 563 g/mol. The molecule has 2 aliphatic rings. The van der Waals surface area contributed by atoms with Crippen molar-refractivity contribution in [1.82, 2.24) is 5.32 Å². The minimum absolute atomic E-state index is 0.0731. The molecule has 0 aromatic heterocycles. The summed E-state index contributed by atoms with van der Waals surface area (Å²) in [5, 5.41) is 3.30. The van der Waals surface area contributed by atoms with Gasteiger partial charge in [-0.1, -0.05) is 48.5 Å². The molecule has 1 aliphatic carbocycles. The lowest BCUT2D eigenvalue weighted by Crippen LogP contribution is -2.29. The normalized spacial score (nSPS) is 16.7. The standard InChI is InChI=1S/C28H22INO4/c1-16-23(28(32)33-2)24(25-26(30-16)21-5-3-4-6-22(21)27(25)31)18-9-13-20(14-10-18)34-15-17-7-11-19(29)12-8-17/h3-14,24,30H,15H2,1-2H3/t24-/m1/s1. The molecule has 6 heteroatoms. The summed E-state index contributed by atoms with van der Waals surface area (Å²) < 4.78 is 12.2. The Morgan fingerprint density at radius 2 is 1.65 bits per heavy atom. The van der Waals surface area contributed by atoms with Crippen molar-refractivity contribution in [3.63, 3.8) is 0 Å². The highest BCUT2D eigenvalue weighted by molar-refractivity contribution is 14.1. The van der Waals surface area contributed by atoms with Crippen LogP contribution in [0.5, 0.6) is 5.75 Å². The maximum absolute atomic E-state index is 13.4. The van der Waals surface area contributed by atoms with E-state index in [-0.39, 0.29) is 5.78 Å². The van der Waals surface area contributed by atoms with Crippen molar-refractivity contribution < 1.29 is 19.1 Å². The first-order valence-corrected chi connectivity index (χ1v) is 12.0. The predicted molar refractivity (Wildman–Crippen MR) is 138 cm³/mol. The molecule has 0 saturated heterocycles. The number of dihydropyridines is 1. The first-order valence-electron chi connectivity index (χ1n) is 10.9. The number of Topliss-reactive ketones (excluding diaryl/α,β-unsaturated/α-hetero) is 1. The van der Waals surface area contributed by atoms with Crippen LogP contribution in [0, 0.1) is 3.57 Å². The summed E-state index contributed by atoms with van der Waals surface area (Å²) >= 11 is 2.27. The van der Waals surface area contributed by atoms with Crippen molar-refractivity contribution in [3.8, 4) is 5.75 Å². The molecule has 170 valence electrons. The number of carbonyl (C=O) groups is 2. The molecule has 0 fully saturated rings. The van der Waals surface area contributed by atoms with E-state index in [9.17, 15) is 9.59 Å². The molecule has 1 atom stereocenters. The Kier molecular flexibility index (Phi) is 6.00. The second-order valence-corrected chi connectivity index (χ2v) is 9.48. The molecule has 5 rings (SSSR count). The maximum atomic E-state index is 13.4. The van der Waals surface area contributed by atoms with E-state index in [4.69, 9.17) is 9.47 Å². The van der Waals surface area contributed by atoms with Gasteiger partial charge in [0.15, 0.2) is 5.78 Å². The monoisotopic (exact) mass is 563 g/mol. The SMILES string of the molecule is COC(=O)C1=C(C)NC2=C(C(=O)c3ccccc32)[C@@H]1c1ccc(OCc2ccc(I)cc2)cc1. The summed E-state index contributed by atoms with van der Waals surface area (Å²) in [6.07, 6.45) is 0. The third-order valence-corrected chi connectivity index (χ3v) is 6.91. The van der Waals surface area contributed by atoms with E-state index in [1.165, 1.54) is 10.7 Å². The highest BCUT2D eigenvalue weighted by Gasteiger charge is 2.42. The lowest BCUT2D eigenvalue weighted by molar-refractivity contribution is -0.136. The summed E-state index contributed by atoms with van der Waals surface area (Å²) in [4.78, 5) is 26.2. The summed E-state index contributed by atoms with van der Waals surface area (Å²) in [5.41, 5.74) is 5.85. The van der Waals surface area contributed by atoms with Gasteiger partial charge >= 0.3 is 5.97 Å². The molecule has 1 aliphatic heterocycles. The van der Waals surface area contributed by atoms with E-state index in [1.807, 2.05) is 79.7 Å². The topological polar surface area (TPSA) is 64.6 Å². The number of ether oxygens (including phenoxy) is 2. The number of esters is 1. The molecule has 0 radical (unpaired) electrons. The number of carbonyl (C=O) groups excluding carboxylic acids is 2. The third kappa shape index (κ3) is 3.92. The number of benzene rings is 3. The van der Waals surface area contributed by atoms with Gasteiger partial charge in [0, 0.05) is 31.9 Å². The summed E-state index contributed by atoms with van der Waals surface area (Å²) in [7, 11) is 1.36. The van der Waals surface area contributed by atoms with Gasteiger partial charge in [0.2, 0.25) is 0 Å². The number of rotatable bonds is 5. The van der Waals surface area contributed by atoms with Crippen molar-refractivity contribution in [1.29, 1.82) is 0 Å². The molecule has 0 amide bonds. The maximum Gasteiger partial charge on any atom is 0.336 e. The number of fused-ring (bicyclic) bond motifs is 2. The largest absolute Gasteiger partial charge is 0.489 e. The van der Waals surface area contributed by atoms with Gasteiger partial charge in [-0.25, -0.2) is 4.79 Å². The van der Waals surface area contributed by atoms with Crippen LogP contribution in [0.3, 0.4) is 0 Å². The van der Waals surface area contributed by atoms with Crippen LogP contribution in [0.2, 0.25) is 0 Å². The van der Waals surface area contributed by atoms with Gasteiger partial charge in [0.05, 0.1) is 18.4 Å². The van der Waals surface area contributed by atoms with Gasteiger partial charge in [-0.2, -0.15) is 0 Å². The predicted octanol–water partition coefficient (Wildman–Crippen LogP) is 5.61. The van der Waals surface area contributed by atoms with E-state index >= 15 is 0 Å². The number of hydrogen-bond donors (Lipinski definition) is 1. The first kappa shape index (κ1) is 22.4. The van der Waals surface area contributed by atoms with Crippen LogP contribution >= 0.6 is 22.6 Å². The van der Waals surface area contributed by atoms with E-state index in [2.05, 4.69) is 27.9 Å². The molecule has 0 bridgehead atoms. The summed E-state index contributed by atoms with van der Waals surface area (Å²) in [6.45, 7) is 2.30. The van der Waals surface area contributed by atoms with Crippen LogP contribution in [0.15, 0.2) is 89.6 Å². The van der Waals surface area contributed by atoms with E-state index in [0.717, 1.165) is 22.4 Å². The van der Waals surface area contributed by atoms with Crippen molar-refractivity contribution in [2.24, 2.45) is 0 Å². The average Bonchev–Trinajstić information content (AvgIpc) is 3.14. The lowest BCUT2D eigenvalue weighted by atomic mass is 9.80. The van der Waals surface area contributed by atoms with Gasteiger partial charge < -0.3 is 14.8 Å². The van der Waals surface area contributed by atoms with Gasteiger partial charge in [-0.3, -0.25) is 4.79 Å². The number of ketones is 1. The highest BCUT2D eigenvalue weighted by Crippen LogP contribution is 2.46. The molecule has 0 saturated carbocycles. The number of halogens is 1. The zero-order valence-corrected chi connectivity index (χ0v) is 20.9. The van der Waals surface area contributed by atoms with Crippen LogP contribution in [0.1, 0.15) is 39.9 Å². The van der Waals surface area contributed by atoms with Crippen LogP contribution in [0.4, 0.5) is 0 Å². The lowest BCUT2D eigenvalue weighted by Gasteiger charge is -2.29. The minimum atomic E-state index is -0.533. The van der Waals surface area contributed by atoms with Crippen LogP contribution in [-0.2, 0) is 16.1 Å². The number of nitrogens with one attached hydrogen (secondary N) is 1. The van der Waals surface area contributed by atoms with Crippen LogP contribution in [-0.4, -0.2) is 18.9 Å². The van der Waals surface area contributed by atoms with Crippen molar-refractivity contribution in [3.05, 3.63) is 115 Å². The molecule has 0 spiro atoms. The van der Waals surface area contributed by atoms with Gasteiger partial charge in [-0.05, 0) is 64.9 Å². The Bertz CT molecular complexity index is 1350. The van der Waals surface area contributed by atoms with E-state index < -0.39 is 11.9 Å². The van der Waals surface area contributed by atoms with Crippen molar-refractivity contribution in [2.45, 2.75) is 19.4 Å². The smallest absolute Gasteiger partial charge is 0.336 e. The highest BCUT2D eigenvalue weighted by atomic mass is 127. The Morgan fingerprint density at radius 1 is 0.971 bits per heavy atom. The fourth-order valence-electron chi connectivity index (χ4n) is 4.55. The van der Waals surface area contributed by atoms with Gasteiger partial charge in [-0.15, -0.1) is 0 Å². The van der Waals surface area contributed by atoms with Crippen molar-refractivity contribution in [2.75, 3.05) is 7.11 Å². The second kappa shape index (κ2) is 9.10. The third-order valence-electron chi connectivity index (χ3n) is 6.19. The molecule has 3 aromatic rings. The Labute approximate surface area is 211 Å². The molecule has 34 heavy (non-hydrogen) atoms. The Balaban J connectivity index is 1.49. The Morgan fingerprint density at radius 3 is 2.32 bits per heavy atom. The molecule has 5 nitrogen and oxygen atoms in total. The first-order chi connectivity index (χ1) is 16.5. The molecular weight excluding hydrogens is 541 g/mol. The van der Waals surface area contributed by atoms with Gasteiger partial charge in [0.25, 0.3) is 0 Å². The fraction of sp³-hybridized carbons (Fsp3) is 0.143. The zero-order chi connectivity index (χ0) is 23.8. The number of hydrogen-bond acceptors (Lipinski definition) is 5. The van der Waals surface area contributed by atoms with Gasteiger partial charge in [0.1, 0.15) is 12.4 Å². The van der Waals surface area contributed by atoms with E-state index in [1.54, 1.807) is 0 Å². The van der Waals surface area contributed by atoms with Crippen LogP contribution < -0.4 is 10.1 Å². The molecule has 0 unspecified atom stereocenters. The molecule has 1 N–H and O–H groups in total. The van der Waals surface area contributed by atoms with Crippen LogP contribution in [0.25, 0.3) is 5.70 Å². The molecule has 1 heterocycles. The summed E-state index contributed by atoms with van der Waals surface area (Å²) in [6, 6.07) is 23.3. The van der Waals surface area contributed by atoms with E-state index in [0.29, 0.717) is 34.8 Å². The summed E-state index contributed by atoms with van der Waals surface area (Å²) in [5.74, 6) is -0.346. The molecule has 3 aromatic carbocycles. The zero-order valence-electron chi connectivity index (χ0n) is 18.7. The Hall–Kier alpha value is -3.39.